The van der Waals surface area contributed by atoms with Crippen molar-refractivity contribution in [2.75, 3.05) is 11.4 Å². The summed E-state index contributed by atoms with van der Waals surface area (Å²) in [4.78, 5) is 30.4. The average molecular weight is 361 g/mol. The fraction of sp³-hybridized carbons (Fsp3) is 0.227. The second-order valence-corrected chi connectivity index (χ2v) is 6.54. The molecule has 138 valence electrons. The zero-order valence-electron chi connectivity index (χ0n) is 15.6. The Morgan fingerprint density at radius 1 is 1.04 bits per heavy atom. The minimum absolute atomic E-state index is 0.0879. The molecule has 3 aromatic rings. The minimum Gasteiger partial charge on any atom is -0.352 e. The molecule has 2 amide bonds. The Morgan fingerprint density at radius 3 is 2.52 bits per heavy atom. The number of anilines is 1. The number of aryl methyl sites for hydroxylation is 1. The molecule has 3 rings (SSSR count). The van der Waals surface area contributed by atoms with E-state index in [2.05, 4.69) is 10.3 Å². The van der Waals surface area contributed by atoms with Crippen LogP contribution in [-0.2, 0) is 16.1 Å². The highest BCUT2D eigenvalue weighted by Gasteiger charge is 2.16. The summed E-state index contributed by atoms with van der Waals surface area (Å²) in [6.45, 7) is 4.33. The van der Waals surface area contributed by atoms with Crippen molar-refractivity contribution in [2.45, 2.75) is 26.8 Å². The lowest BCUT2D eigenvalue weighted by Gasteiger charge is -2.22. The van der Waals surface area contributed by atoms with Gasteiger partial charge in [0, 0.05) is 38.0 Å². The first-order chi connectivity index (χ1) is 13.0. The molecule has 1 aromatic heterocycles. The van der Waals surface area contributed by atoms with Crippen LogP contribution in [0.25, 0.3) is 10.9 Å². The Morgan fingerprint density at radius 2 is 1.78 bits per heavy atom. The summed E-state index contributed by atoms with van der Waals surface area (Å²) in [7, 11) is 0. The van der Waals surface area contributed by atoms with Crippen molar-refractivity contribution in [1.29, 1.82) is 0 Å². The van der Waals surface area contributed by atoms with E-state index in [1.54, 1.807) is 11.1 Å². The third-order valence-electron chi connectivity index (χ3n) is 4.46. The Kier molecular flexibility index (Phi) is 5.81. The summed E-state index contributed by atoms with van der Waals surface area (Å²) < 4.78 is 0. The molecule has 0 aliphatic carbocycles. The van der Waals surface area contributed by atoms with Crippen molar-refractivity contribution in [1.82, 2.24) is 10.3 Å². The molecule has 0 unspecified atom stereocenters. The van der Waals surface area contributed by atoms with Gasteiger partial charge in [-0.1, -0.05) is 48.0 Å². The Labute approximate surface area is 159 Å². The number of aromatic nitrogens is 1. The number of hydrogen-bond acceptors (Lipinski definition) is 3. The number of nitrogens with zero attached hydrogens (tertiary/aromatic N) is 2. The molecule has 0 radical (unpaired) electrons. The average Bonchev–Trinajstić information content (AvgIpc) is 2.67. The maximum absolute atomic E-state index is 12.2. The van der Waals surface area contributed by atoms with E-state index in [1.165, 1.54) is 12.5 Å². The molecule has 1 N–H and O–H groups in total. The van der Waals surface area contributed by atoms with Crippen LogP contribution in [0.3, 0.4) is 0 Å². The van der Waals surface area contributed by atoms with Crippen molar-refractivity contribution < 1.29 is 9.59 Å². The molecular formula is C22H23N3O2. The maximum Gasteiger partial charge on any atom is 0.223 e. The smallest absolute Gasteiger partial charge is 0.223 e. The Balaban J connectivity index is 1.65. The molecule has 5 nitrogen and oxygen atoms in total. The topological polar surface area (TPSA) is 62.3 Å². The van der Waals surface area contributed by atoms with Crippen LogP contribution in [-0.4, -0.2) is 23.3 Å². The van der Waals surface area contributed by atoms with Crippen LogP contribution in [0.4, 0.5) is 5.69 Å². The molecule has 1 heterocycles. The second kappa shape index (κ2) is 8.45. The summed E-state index contributed by atoms with van der Waals surface area (Å²) >= 11 is 0. The van der Waals surface area contributed by atoms with Gasteiger partial charge < -0.3 is 10.2 Å². The number of hydrogen-bond donors (Lipinski definition) is 1. The monoisotopic (exact) mass is 361 g/mol. The van der Waals surface area contributed by atoms with Crippen molar-refractivity contribution in [2.24, 2.45) is 0 Å². The second-order valence-electron chi connectivity index (χ2n) is 6.54. The zero-order valence-corrected chi connectivity index (χ0v) is 15.6. The molecule has 5 heteroatoms. The number of carbonyl (C=O) groups is 2. The van der Waals surface area contributed by atoms with Crippen molar-refractivity contribution in [3.63, 3.8) is 0 Å². The van der Waals surface area contributed by atoms with Gasteiger partial charge in [0.25, 0.3) is 0 Å². The molecule has 0 spiro atoms. The number of amides is 2. The van der Waals surface area contributed by atoms with Crippen LogP contribution in [0.15, 0.2) is 60.8 Å². The molecule has 0 aliphatic heterocycles. The molecule has 0 atom stereocenters. The SMILES string of the molecule is CC(=O)N(CCC(=O)NCc1ccc(C)cc1)c1cccc2cccnc12. The Bertz CT molecular complexity index is 946. The molecule has 0 aliphatic rings. The highest BCUT2D eigenvalue weighted by atomic mass is 16.2. The molecular weight excluding hydrogens is 338 g/mol. The predicted octanol–water partition coefficient (Wildman–Crippen LogP) is 3.60. The summed E-state index contributed by atoms with van der Waals surface area (Å²) in [5.41, 5.74) is 3.73. The summed E-state index contributed by atoms with van der Waals surface area (Å²) in [5.74, 6) is -0.200. The first kappa shape index (κ1) is 18.6. The van der Waals surface area contributed by atoms with Gasteiger partial charge in [-0.15, -0.1) is 0 Å². The van der Waals surface area contributed by atoms with E-state index >= 15 is 0 Å². The van der Waals surface area contributed by atoms with Gasteiger partial charge in [-0.3, -0.25) is 14.6 Å². The third kappa shape index (κ3) is 4.70. The minimum atomic E-state index is -0.112. The normalized spacial score (nSPS) is 10.6. The van der Waals surface area contributed by atoms with Gasteiger partial charge in [0.2, 0.25) is 11.8 Å². The number of nitrogens with one attached hydrogen (secondary N) is 1. The van der Waals surface area contributed by atoms with Crippen molar-refractivity contribution in [3.8, 4) is 0 Å². The van der Waals surface area contributed by atoms with E-state index in [0.29, 0.717) is 13.1 Å². The van der Waals surface area contributed by atoms with Gasteiger partial charge in [0.1, 0.15) is 0 Å². The van der Waals surface area contributed by atoms with Crippen LogP contribution in [0.2, 0.25) is 0 Å². The summed E-state index contributed by atoms with van der Waals surface area (Å²) in [6.07, 6.45) is 1.94. The van der Waals surface area contributed by atoms with E-state index < -0.39 is 0 Å². The fourth-order valence-electron chi connectivity index (χ4n) is 2.96. The number of carbonyl (C=O) groups excluding carboxylic acids is 2. The standard InChI is InChI=1S/C22H23N3O2/c1-16-8-10-18(11-9-16)15-24-21(27)12-14-25(17(2)26)20-7-3-5-19-6-4-13-23-22(19)20/h3-11,13H,12,14-15H2,1-2H3,(H,24,27). The predicted molar refractivity (Wildman–Crippen MR) is 107 cm³/mol. The maximum atomic E-state index is 12.2. The van der Waals surface area contributed by atoms with Crippen LogP contribution < -0.4 is 10.2 Å². The highest BCUT2D eigenvalue weighted by molar-refractivity contribution is 6.01. The van der Waals surface area contributed by atoms with Crippen molar-refractivity contribution >= 4 is 28.4 Å². The summed E-state index contributed by atoms with van der Waals surface area (Å²) in [6, 6.07) is 17.6. The van der Waals surface area contributed by atoms with E-state index in [1.807, 2.05) is 61.5 Å². The third-order valence-corrected chi connectivity index (χ3v) is 4.46. The lowest BCUT2D eigenvalue weighted by Crippen LogP contribution is -2.34. The number of fused-ring (bicyclic) bond motifs is 1. The lowest BCUT2D eigenvalue weighted by molar-refractivity contribution is -0.121. The molecule has 0 saturated carbocycles. The van der Waals surface area contributed by atoms with Crippen LogP contribution >= 0.6 is 0 Å². The number of benzene rings is 2. The van der Waals surface area contributed by atoms with Crippen molar-refractivity contribution in [3.05, 3.63) is 71.9 Å². The van der Waals surface area contributed by atoms with Gasteiger partial charge in [-0.25, -0.2) is 0 Å². The first-order valence-corrected chi connectivity index (χ1v) is 8.98. The van der Waals surface area contributed by atoms with Gasteiger partial charge in [-0.2, -0.15) is 0 Å². The van der Waals surface area contributed by atoms with Gasteiger partial charge in [0.15, 0.2) is 0 Å². The highest BCUT2D eigenvalue weighted by Crippen LogP contribution is 2.25. The van der Waals surface area contributed by atoms with E-state index in [9.17, 15) is 9.59 Å². The number of pyridine rings is 1. The molecule has 27 heavy (non-hydrogen) atoms. The molecule has 2 aromatic carbocycles. The molecule has 0 bridgehead atoms. The van der Waals surface area contributed by atoms with Gasteiger partial charge >= 0.3 is 0 Å². The quantitative estimate of drug-likeness (QED) is 0.730. The van der Waals surface area contributed by atoms with Crippen LogP contribution in [0, 0.1) is 6.92 Å². The summed E-state index contributed by atoms with van der Waals surface area (Å²) in [5, 5.41) is 3.87. The lowest BCUT2D eigenvalue weighted by atomic mass is 10.1. The zero-order chi connectivity index (χ0) is 19.2. The number of para-hydroxylation sites is 1. The van der Waals surface area contributed by atoms with Crippen LogP contribution in [0.1, 0.15) is 24.5 Å². The fourth-order valence-corrected chi connectivity index (χ4v) is 2.96. The van der Waals surface area contributed by atoms with Gasteiger partial charge in [-0.05, 0) is 24.6 Å². The molecule has 0 fully saturated rings. The van der Waals surface area contributed by atoms with E-state index in [4.69, 9.17) is 0 Å². The van der Waals surface area contributed by atoms with E-state index in [0.717, 1.165) is 22.2 Å². The Hall–Kier alpha value is -3.21. The first-order valence-electron chi connectivity index (χ1n) is 8.98. The molecule has 0 saturated heterocycles. The van der Waals surface area contributed by atoms with E-state index in [-0.39, 0.29) is 18.2 Å². The largest absolute Gasteiger partial charge is 0.352 e. The number of rotatable bonds is 6. The van der Waals surface area contributed by atoms with Crippen LogP contribution in [0.5, 0.6) is 0 Å². The van der Waals surface area contributed by atoms with Gasteiger partial charge in [0.05, 0.1) is 11.2 Å².